The molecule has 0 heterocycles. The van der Waals surface area contributed by atoms with Crippen LogP contribution in [0, 0.1) is 5.92 Å². The first kappa shape index (κ1) is 20.6. The van der Waals surface area contributed by atoms with Gasteiger partial charge in [-0.2, -0.15) is 0 Å². The summed E-state index contributed by atoms with van der Waals surface area (Å²) in [5.74, 6) is 1.13. The van der Waals surface area contributed by atoms with Gasteiger partial charge >= 0.3 is 5.97 Å². The standard InChI is InChI=1S/C22H32N2O4/c1-27-21(25)14-7-15-5-10-17(11-6-15)24-22(26)16-8-12-18(13-9-16)28-20-4-2-3-19(20)23/h8-9,12-13,15,17,19-20H,2-7,10-11,14,23H2,1H3,(H,24,26)/t15-,17-,19-,20-/m0/s1. The molecule has 0 bridgehead atoms. The highest BCUT2D eigenvalue weighted by Gasteiger charge is 2.26. The number of methoxy groups -OCH3 is 1. The fraction of sp³-hybridized carbons (Fsp3) is 0.636. The average molecular weight is 389 g/mol. The van der Waals surface area contributed by atoms with Gasteiger partial charge in [0.2, 0.25) is 0 Å². The van der Waals surface area contributed by atoms with Gasteiger partial charge < -0.3 is 20.5 Å². The van der Waals surface area contributed by atoms with E-state index in [1.165, 1.54) is 7.11 Å². The van der Waals surface area contributed by atoms with Crippen molar-refractivity contribution in [2.45, 2.75) is 76.0 Å². The zero-order chi connectivity index (χ0) is 19.9. The van der Waals surface area contributed by atoms with Crippen molar-refractivity contribution in [3.05, 3.63) is 29.8 Å². The van der Waals surface area contributed by atoms with Gasteiger partial charge in [-0.05, 0) is 81.5 Å². The van der Waals surface area contributed by atoms with Crippen LogP contribution >= 0.6 is 0 Å². The number of rotatable bonds is 7. The number of benzene rings is 1. The number of carbonyl (C=O) groups is 2. The Labute approximate surface area is 167 Å². The van der Waals surface area contributed by atoms with Crippen molar-refractivity contribution in [2.75, 3.05) is 7.11 Å². The molecule has 3 rings (SSSR count). The second kappa shape index (κ2) is 9.92. The molecule has 0 saturated heterocycles. The van der Waals surface area contributed by atoms with E-state index in [-0.39, 0.29) is 30.1 Å². The van der Waals surface area contributed by atoms with Crippen LogP contribution in [0.5, 0.6) is 5.75 Å². The largest absolute Gasteiger partial charge is 0.489 e. The third kappa shape index (κ3) is 5.71. The number of esters is 1. The van der Waals surface area contributed by atoms with E-state index in [9.17, 15) is 9.59 Å². The number of carbonyl (C=O) groups excluding carboxylic acids is 2. The Morgan fingerprint density at radius 2 is 1.79 bits per heavy atom. The van der Waals surface area contributed by atoms with E-state index in [0.717, 1.165) is 57.1 Å². The molecule has 0 radical (unpaired) electrons. The first-order valence-electron chi connectivity index (χ1n) is 10.4. The molecule has 0 aliphatic heterocycles. The zero-order valence-electron chi connectivity index (χ0n) is 16.7. The summed E-state index contributed by atoms with van der Waals surface area (Å²) >= 11 is 0. The van der Waals surface area contributed by atoms with Crippen molar-refractivity contribution < 1.29 is 19.1 Å². The lowest BCUT2D eigenvalue weighted by Gasteiger charge is -2.29. The zero-order valence-corrected chi connectivity index (χ0v) is 16.7. The van der Waals surface area contributed by atoms with Crippen molar-refractivity contribution in [1.82, 2.24) is 5.32 Å². The van der Waals surface area contributed by atoms with Crippen LogP contribution in [0.3, 0.4) is 0 Å². The molecule has 0 aromatic heterocycles. The molecule has 28 heavy (non-hydrogen) atoms. The fourth-order valence-electron chi connectivity index (χ4n) is 4.25. The van der Waals surface area contributed by atoms with Crippen molar-refractivity contribution >= 4 is 11.9 Å². The lowest BCUT2D eigenvalue weighted by Crippen LogP contribution is -2.37. The molecule has 0 spiro atoms. The van der Waals surface area contributed by atoms with E-state index >= 15 is 0 Å². The predicted octanol–water partition coefficient (Wildman–Crippen LogP) is 3.19. The third-order valence-electron chi connectivity index (χ3n) is 6.07. The van der Waals surface area contributed by atoms with Crippen molar-refractivity contribution in [1.29, 1.82) is 0 Å². The molecule has 2 fully saturated rings. The monoisotopic (exact) mass is 388 g/mol. The molecule has 154 valence electrons. The van der Waals surface area contributed by atoms with Gasteiger partial charge in [-0.25, -0.2) is 0 Å². The Bertz CT molecular complexity index is 653. The van der Waals surface area contributed by atoms with Gasteiger partial charge in [0.25, 0.3) is 5.91 Å². The Balaban J connectivity index is 1.42. The maximum atomic E-state index is 12.5. The highest BCUT2D eigenvalue weighted by molar-refractivity contribution is 5.94. The van der Waals surface area contributed by atoms with E-state index in [4.69, 9.17) is 15.2 Å². The van der Waals surface area contributed by atoms with Crippen molar-refractivity contribution in [2.24, 2.45) is 11.7 Å². The molecule has 0 unspecified atom stereocenters. The molecule has 1 amide bonds. The first-order chi connectivity index (χ1) is 13.5. The minimum Gasteiger partial charge on any atom is -0.489 e. The number of amides is 1. The third-order valence-corrected chi connectivity index (χ3v) is 6.07. The molecule has 2 aliphatic rings. The van der Waals surface area contributed by atoms with E-state index in [1.807, 2.05) is 24.3 Å². The Hall–Kier alpha value is -2.08. The van der Waals surface area contributed by atoms with Gasteiger partial charge in [0.15, 0.2) is 0 Å². The summed E-state index contributed by atoms with van der Waals surface area (Å²) in [5.41, 5.74) is 6.70. The van der Waals surface area contributed by atoms with Gasteiger partial charge in [0.1, 0.15) is 11.9 Å². The van der Waals surface area contributed by atoms with Crippen LogP contribution in [0.25, 0.3) is 0 Å². The van der Waals surface area contributed by atoms with E-state index in [2.05, 4.69) is 5.32 Å². The van der Waals surface area contributed by atoms with Gasteiger partial charge in [-0.3, -0.25) is 9.59 Å². The molecule has 1 aromatic rings. The van der Waals surface area contributed by atoms with Crippen LogP contribution in [0.1, 0.15) is 68.1 Å². The highest BCUT2D eigenvalue weighted by atomic mass is 16.5. The number of nitrogens with two attached hydrogens (primary N) is 1. The van der Waals surface area contributed by atoms with Crippen molar-refractivity contribution in [3.8, 4) is 5.75 Å². The number of hydrogen-bond donors (Lipinski definition) is 2. The maximum absolute atomic E-state index is 12.5. The van der Waals surface area contributed by atoms with E-state index in [1.54, 1.807) is 0 Å². The summed E-state index contributed by atoms with van der Waals surface area (Å²) in [6, 6.07) is 7.63. The molecule has 6 nitrogen and oxygen atoms in total. The van der Waals surface area contributed by atoms with Gasteiger partial charge in [0, 0.05) is 24.1 Å². The van der Waals surface area contributed by atoms with E-state index < -0.39 is 0 Å². The minimum atomic E-state index is -0.141. The summed E-state index contributed by atoms with van der Waals surface area (Å²) in [5, 5.41) is 3.14. The first-order valence-corrected chi connectivity index (χ1v) is 10.4. The van der Waals surface area contributed by atoms with Gasteiger partial charge in [-0.1, -0.05) is 0 Å². The minimum absolute atomic E-state index is 0.0397. The average Bonchev–Trinajstić information content (AvgIpc) is 3.12. The van der Waals surface area contributed by atoms with Crippen LogP contribution < -0.4 is 15.8 Å². The smallest absolute Gasteiger partial charge is 0.305 e. The van der Waals surface area contributed by atoms with Crippen LogP contribution in [0.15, 0.2) is 24.3 Å². The molecule has 1 aromatic carbocycles. The Kier molecular flexibility index (Phi) is 7.31. The Morgan fingerprint density at radius 1 is 1.07 bits per heavy atom. The lowest BCUT2D eigenvalue weighted by molar-refractivity contribution is -0.141. The van der Waals surface area contributed by atoms with Crippen LogP contribution in [0.2, 0.25) is 0 Å². The van der Waals surface area contributed by atoms with Crippen molar-refractivity contribution in [3.63, 3.8) is 0 Å². The summed E-state index contributed by atoms with van der Waals surface area (Å²) in [6.45, 7) is 0. The molecule has 2 atom stereocenters. The SMILES string of the molecule is COC(=O)CC[C@H]1CC[C@H](NC(=O)c2ccc(O[C@H]3CCC[C@@H]3N)cc2)CC1. The Morgan fingerprint density at radius 3 is 2.39 bits per heavy atom. The second-order valence-corrected chi connectivity index (χ2v) is 8.08. The summed E-state index contributed by atoms with van der Waals surface area (Å²) in [6.07, 6.45) is 8.54. The number of hydrogen-bond acceptors (Lipinski definition) is 5. The molecule has 3 N–H and O–H groups in total. The number of ether oxygens (including phenoxy) is 2. The van der Waals surface area contributed by atoms with Crippen LogP contribution in [0.4, 0.5) is 0 Å². The normalized spacial score (nSPS) is 27.2. The highest BCUT2D eigenvalue weighted by Crippen LogP contribution is 2.28. The topological polar surface area (TPSA) is 90.6 Å². The maximum Gasteiger partial charge on any atom is 0.305 e. The molecular formula is C22H32N2O4. The second-order valence-electron chi connectivity index (χ2n) is 8.08. The summed E-state index contributed by atoms with van der Waals surface area (Å²) in [7, 11) is 1.43. The molecule has 2 saturated carbocycles. The number of nitrogens with one attached hydrogen (secondary N) is 1. The van der Waals surface area contributed by atoms with Gasteiger partial charge in [0.05, 0.1) is 7.11 Å². The predicted molar refractivity (Wildman–Crippen MR) is 107 cm³/mol. The van der Waals surface area contributed by atoms with Crippen LogP contribution in [-0.2, 0) is 9.53 Å². The quantitative estimate of drug-likeness (QED) is 0.700. The van der Waals surface area contributed by atoms with Crippen LogP contribution in [-0.4, -0.2) is 37.2 Å². The molecule has 2 aliphatic carbocycles. The fourth-order valence-corrected chi connectivity index (χ4v) is 4.25. The van der Waals surface area contributed by atoms with E-state index in [0.29, 0.717) is 17.9 Å². The lowest BCUT2D eigenvalue weighted by atomic mass is 9.83. The summed E-state index contributed by atoms with van der Waals surface area (Å²) < 4.78 is 10.6. The van der Waals surface area contributed by atoms with Gasteiger partial charge in [-0.15, -0.1) is 0 Å². The molecule has 6 heteroatoms. The molecular weight excluding hydrogens is 356 g/mol. The summed E-state index contributed by atoms with van der Waals surface area (Å²) in [4.78, 5) is 23.8.